The fraction of sp³-hybridized carbons (Fsp3) is 0.750. The van der Waals surface area contributed by atoms with Gasteiger partial charge in [-0.3, -0.25) is 0 Å². The van der Waals surface area contributed by atoms with Crippen LogP contribution in [0.4, 0.5) is 0 Å². The van der Waals surface area contributed by atoms with E-state index in [-0.39, 0.29) is 0 Å². The Kier molecular flexibility index (Phi) is 3.70. The quantitative estimate of drug-likeness (QED) is 0.352. The van der Waals surface area contributed by atoms with Crippen molar-refractivity contribution in [1.82, 2.24) is 4.81 Å². The van der Waals surface area contributed by atoms with Crippen molar-refractivity contribution in [3.63, 3.8) is 0 Å². The summed E-state index contributed by atoms with van der Waals surface area (Å²) in [5.74, 6) is 0. The Morgan fingerprint density at radius 2 is 2.43 bits per heavy atom. The largest absolute Gasteiger partial charge is 0.356 e. The molecule has 0 aliphatic heterocycles. The van der Waals surface area contributed by atoms with Crippen molar-refractivity contribution in [1.29, 1.82) is 0 Å². The van der Waals surface area contributed by atoms with Gasteiger partial charge in [-0.15, -0.1) is 0 Å². The SMILES string of the molecule is [B]N(C)CCC=O. The smallest absolute Gasteiger partial charge is 0.182 e. The van der Waals surface area contributed by atoms with Gasteiger partial charge in [0.15, 0.2) is 7.98 Å². The summed E-state index contributed by atoms with van der Waals surface area (Å²) in [5, 5.41) is 0. The Hall–Kier alpha value is -0.305. The Bertz CT molecular complexity index is 55.7. The molecule has 0 fully saturated rings. The van der Waals surface area contributed by atoms with Crippen LogP contribution >= 0.6 is 0 Å². The Morgan fingerprint density at radius 1 is 1.86 bits per heavy atom. The molecule has 0 aliphatic carbocycles. The fourth-order valence-electron chi connectivity index (χ4n) is 0.256. The highest BCUT2D eigenvalue weighted by Gasteiger charge is 1.83. The monoisotopic (exact) mass is 97.1 g/mol. The van der Waals surface area contributed by atoms with Gasteiger partial charge in [0, 0.05) is 6.42 Å². The van der Waals surface area contributed by atoms with E-state index < -0.39 is 0 Å². The molecule has 0 atom stereocenters. The predicted molar refractivity (Wildman–Crippen MR) is 29.1 cm³/mol. The summed E-state index contributed by atoms with van der Waals surface area (Å²) in [5.41, 5.74) is 0. The molecular weight excluding hydrogens is 88.9 g/mol. The predicted octanol–water partition coefficient (Wildman–Crippen LogP) is -0.409. The number of hydrogen-bond donors (Lipinski definition) is 0. The standard InChI is InChI=1S/C4H8BNO/c1-6(5)3-2-4-7/h4H,2-3H2,1H3. The summed E-state index contributed by atoms with van der Waals surface area (Å²) in [6, 6.07) is 0. The Balaban J connectivity index is 2.81. The maximum Gasteiger partial charge on any atom is 0.182 e. The third-order valence-electron chi connectivity index (χ3n) is 0.600. The van der Waals surface area contributed by atoms with E-state index in [1.54, 1.807) is 7.05 Å². The molecule has 0 bridgehead atoms. The van der Waals surface area contributed by atoms with Crippen LogP contribution in [0.2, 0.25) is 0 Å². The van der Waals surface area contributed by atoms with Crippen LogP contribution in [-0.2, 0) is 4.79 Å². The van der Waals surface area contributed by atoms with Crippen LogP contribution in [0.5, 0.6) is 0 Å². The summed E-state index contributed by atoms with van der Waals surface area (Å²) in [7, 11) is 6.88. The lowest BCUT2D eigenvalue weighted by atomic mass is 10.3. The van der Waals surface area contributed by atoms with Crippen molar-refractivity contribution in [2.75, 3.05) is 13.6 Å². The van der Waals surface area contributed by atoms with Crippen LogP contribution < -0.4 is 0 Å². The zero-order chi connectivity index (χ0) is 5.70. The van der Waals surface area contributed by atoms with Crippen molar-refractivity contribution in [2.45, 2.75) is 6.42 Å². The molecule has 2 radical (unpaired) electrons. The molecule has 0 amide bonds. The second-order valence-corrected chi connectivity index (χ2v) is 1.44. The molecule has 0 saturated heterocycles. The lowest BCUT2D eigenvalue weighted by Gasteiger charge is -2.03. The number of hydrogen-bond acceptors (Lipinski definition) is 2. The number of rotatable bonds is 3. The highest BCUT2D eigenvalue weighted by atomic mass is 16.1. The van der Waals surface area contributed by atoms with Gasteiger partial charge in [-0.25, -0.2) is 0 Å². The topological polar surface area (TPSA) is 20.3 Å². The van der Waals surface area contributed by atoms with Crippen LogP contribution in [0, 0.1) is 0 Å². The van der Waals surface area contributed by atoms with Crippen molar-refractivity contribution in [2.24, 2.45) is 0 Å². The summed E-state index contributed by atoms with van der Waals surface area (Å²) in [6.07, 6.45) is 1.37. The zero-order valence-electron chi connectivity index (χ0n) is 4.42. The van der Waals surface area contributed by atoms with Crippen LogP contribution in [0.1, 0.15) is 6.42 Å². The lowest BCUT2D eigenvalue weighted by Crippen LogP contribution is -2.14. The van der Waals surface area contributed by atoms with Crippen LogP contribution in [0.25, 0.3) is 0 Å². The van der Waals surface area contributed by atoms with Gasteiger partial charge in [-0.1, -0.05) is 0 Å². The van der Waals surface area contributed by atoms with Gasteiger partial charge in [-0.2, -0.15) is 0 Å². The first-order chi connectivity index (χ1) is 3.27. The summed E-state index contributed by atoms with van der Waals surface area (Å²) in [4.78, 5) is 11.1. The second kappa shape index (κ2) is 3.87. The lowest BCUT2D eigenvalue weighted by molar-refractivity contribution is -0.107. The number of aldehydes is 1. The molecule has 0 unspecified atom stereocenters. The molecule has 38 valence electrons. The normalized spacial score (nSPS) is 9.43. The Morgan fingerprint density at radius 3 is 2.57 bits per heavy atom. The molecule has 0 saturated carbocycles. The van der Waals surface area contributed by atoms with Gasteiger partial charge < -0.3 is 9.61 Å². The minimum Gasteiger partial charge on any atom is -0.356 e. The molecular formula is C4H8BNO. The van der Waals surface area contributed by atoms with Gasteiger partial charge in [0.25, 0.3) is 0 Å². The molecule has 0 rings (SSSR count). The number of carbonyl (C=O) groups excluding carboxylic acids is 1. The molecule has 0 aliphatic rings. The van der Waals surface area contributed by atoms with E-state index in [2.05, 4.69) is 0 Å². The van der Waals surface area contributed by atoms with E-state index in [0.717, 1.165) is 6.29 Å². The van der Waals surface area contributed by atoms with Gasteiger partial charge in [0.1, 0.15) is 6.29 Å². The highest BCUT2D eigenvalue weighted by molar-refractivity contribution is 6.04. The molecule has 3 heteroatoms. The van der Waals surface area contributed by atoms with Crippen molar-refractivity contribution < 1.29 is 4.79 Å². The van der Waals surface area contributed by atoms with Gasteiger partial charge in [0.2, 0.25) is 0 Å². The number of nitrogens with zero attached hydrogens (tertiary/aromatic N) is 1. The minimum absolute atomic E-state index is 0.521. The summed E-state index contributed by atoms with van der Waals surface area (Å²) < 4.78 is 0. The van der Waals surface area contributed by atoms with E-state index in [4.69, 9.17) is 7.98 Å². The van der Waals surface area contributed by atoms with Crippen LogP contribution in [0.15, 0.2) is 0 Å². The number of carbonyl (C=O) groups is 1. The van der Waals surface area contributed by atoms with Crippen molar-refractivity contribution in [3.8, 4) is 0 Å². The van der Waals surface area contributed by atoms with Gasteiger partial charge >= 0.3 is 0 Å². The first-order valence-electron chi connectivity index (χ1n) is 2.17. The van der Waals surface area contributed by atoms with Gasteiger partial charge in [-0.05, 0) is 13.6 Å². The molecule has 0 aromatic rings. The summed E-state index contributed by atoms with van der Waals surface area (Å²) >= 11 is 0. The molecule has 0 heterocycles. The molecule has 7 heavy (non-hydrogen) atoms. The third kappa shape index (κ3) is 5.69. The van der Waals surface area contributed by atoms with Crippen LogP contribution in [-0.4, -0.2) is 32.7 Å². The molecule has 0 aromatic carbocycles. The molecule has 2 nitrogen and oxygen atoms in total. The first-order valence-corrected chi connectivity index (χ1v) is 2.17. The zero-order valence-corrected chi connectivity index (χ0v) is 4.42. The highest BCUT2D eigenvalue weighted by Crippen LogP contribution is 1.73. The van der Waals surface area contributed by atoms with E-state index >= 15 is 0 Å². The van der Waals surface area contributed by atoms with Crippen molar-refractivity contribution >= 4 is 14.3 Å². The van der Waals surface area contributed by atoms with E-state index in [1.165, 1.54) is 4.81 Å². The first kappa shape index (κ1) is 6.69. The Labute approximate surface area is 44.9 Å². The average molecular weight is 96.9 g/mol. The average Bonchev–Trinajstić information content (AvgIpc) is 1.61. The van der Waals surface area contributed by atoms with E-state index in [0.29, 0.717) is 13.0 Å². The van der Waals surface area contributed by atoms with E-state index in [1.807, 2.05) is 0 Å². The molecule has 0 N–H and O–H groups in total. The fourth-order valence-corrected chi connectivity index (χ4v) is 0.256. The molecule has 0 spiro atoms. The maximum atomic E-state index is 9.63. The second-order valence-electron chi connectivity index (χ2n) is 1.44. The van der Waals surface area contributed by atoms with Gasteiger partial charge in [0.05, 0.1) is 0 Å². The minimum atomic E-state index is 0.521. The van der Waals surface area contributed by atoms with E-state index in [9.17, 15) is 4.79 Å². The molecule has 0 aromatic heterocycles. The van der Waals surface area contributed by atoms with Crippen LogP contribution in [0.3, 0.4) is 0 Å². The summed E-state index contributed by atoms with van der Waals surface area (Å²) in [6.45, 7) is 0.642. The third-order valence-corrected chi connectivity index (χ3v) is 0.600. The maximum absolute atomic E-state index is 9.63. The van der Waals surface area contributed by atoms with Crippen molar-refractivity contribution in [3.05, 3.63) is 0 Å².